The first kappa shape index (κ1) is 23.2. The SMILES string of the molecule is CSCCC(NC(=O)CNC(=O)C1CCCN1C(=O)C(N)C(C)C)C(=O)O. The van der Waals surface area contributed by atoms with Gasteiger partial charge >= 0.3 is 5.97 Å². The molecule has 3 atom stereocenters. The van der Waals surface area contributed by atoms with Crippen molar-refractivity contribution >= 4 is 35.5 Å². The number of likely N-dealkylation sites (tertiary alicyclic amines) is 1. The van der Waals surface area contributed by atoms with Gasteiger partial charge in [-0.15, -0.1) is 0 Å². The number of carbonyl (C=O) groups excluding carboxylic acids is 3. The fraction of sp³-hybridized carbons (Fsp3) is 0.765. The Morgan fingerprint density at radius 1 is 1.30 bits per heavy atom. The highest BCUT2D eigenvalue weighted by molar-refractivity contribution is 7.98. The lowest BCUT2D eigenvalue weighted by molar-refractivity contribution is -0.142. The van der Waals surface area contributed by atoms with Gasteiger partial charge in [0.2, 0.25) is 17.7 Å². The van der Waals surface area contributed by atoms with Crippen LogP contribution in [0.15, 0.2) is 0 Å². The average Bonchev–Trinajstić information content (AvgIpc) is 3.11. The summed E-state index contributed by atoms with van der Waals surface area (Å²) in [6, 6.07) is -2.31. The van der Waals surface area contributed by atoms with Crippen LogP contribution in [0.1, 0.15) is 33.1 Å². The van der Waals surface area contributed by atoms with Crippen LogP contribution in [-0.2, 0) is 19.2 Å². The molecule has 9 nitrogen and oxygen atoms in total. The second-order valence-corrected chi connectivity index (χ2v) is 7.90. The minimum absolute atomic E-state index is 0.0400. The molecule has 5 N–H and O–H groups in total. The van der Waals surface area contributed by atoms with Crippen molar-refractivity contribution in [2.75, 3.05) is 25.1 Å². The van der Waals surface area contributed by atoms with Crippen molar-refractivity contribution in [3.8, 4) is 0 Å². The van der Waals surface area contributed by atoms with Crippen molar-refractivity contribution in [3.63, 3.8) is 0 Å². The molecule has 0 spiro atoms. The molecule has 3 unspecified atom stereocenters. The first-order valence-electron chi connectivity index (χ1n) is 9.03. The predicted molar refractivity (Wildman–Crippen MR) is 103 cm³/mol. The Morgan fingerprint density at radius 2 is 1.96 bits per heavy atom. The molecular formula is C17H30N4O5S. The van der Waals surface area contributed by atoms with Gasteiger partial charge in [0.1, 0.15) is 12.1 Å². The van der Waals surface area contributed by atoms with Crippen molar-refractivity contribution in [1.29, 1.82) is 0 Å². The van der Waals surface area contributed by atoms with Gasteiger partial charge in [-0.1, -0.05) is 13.8 Å². The normalized spacial score (nSPS) is 18.9. The van der Waals surface area contributed by atoms with E-state index in [2.05, 4.69) is 10.6 Å². The van der Waals surface area contributed by atoms with Crippen LogP contribution in [-0.4, -0.2) is 76.9 Å². The van der Waals surface area contributed by atoms with E-state index in [0.29, 0.717) is 31.6 Å². The molecule has 0 aromatic heterocycles. The fourth-order valence-corrected chi connectivity index (χ4v) is 3.27. The summed E-state index contributed by atoms with van der Waals surface area (Å²) >= 11 is 1.48. The number of rotatable bonds is 10. The van der Waals surface area contributed by atoms with Crippen LogP contribution in [0.4, 0.5) is 0 Å². The zero-order chi connectivity index (χ0) is 20.6. The summed E-state index contributed by atoms with van der Waals surface area (Å²) in [6.07, 6.45) is 3.35. The molecule has 1 rings (SSSR count). The van der Waals surface area contributed by atoms with E-state index >= 15 is 0 Å². The summed E-state index contributed by atoms with van der Waals surface area (Å²) in [7, 11) is 0. The third kappa shape index (κ3) is 7.02. The van der Waals surface area contributed by atoms with Gasteiger partial charge in [-0.05, 0) is 37.2 Å². The van der Waals surface area contributed by atoms with Crippen LogP contribution in [0.2, 0.25) is 0 Å². The molecule has 3 amide bonds. The van der Waals surface area contributed by atoms with Crippen molar-refractivity contribution in [1.82, 2.24) is 15.5 Å². The number of hydrogen-bond donors (Lipinski definition) is 4. The Kier molecular flexibility index (Phi) is 9.57. The highest BCUT2D eigenvalue weighted by Gasteiger charge is 2.36. The first-order chi connectivity index (χ1) is 12.7. The molecule has 27 heavy (non-hydrogen) atoms. The number of carboxylic acids is 1. The number of aliphatic carboxylic acids is 1. The lowest BCUT2D eigenvalue weighted by Gasteiger charge is -2.28. The zero-order valence-corrected chi connectivity index (χ0v) is 16.9. The molecule has 0 aromatic rings. The van der Waals surface area contributed by atoms with Gasteiger partial charge < -0.3 is 26.4 Å². The number of thioether (sulfide) groups is 1. The minimum Gasteiger partial charge on any atom is -0.480 e. The highest BCUT2D eigenvalue weighted by atomic mass is 32.2. The minimum atomic E-state index is -1.11. The Hall–Kier alpha value is -1.81. The summed E-state index contributed by atoms with van der Waals surface area (Å²) in [5, 5.41) is 14.0. The number of hydrogen-bond acceptors (Lipinski definition) is 6. The van der Waals surface area contributed by atoms with E-state index in [4.69, 9.17) is 10.8 Å². The highest BCUT2D eigenvalue weighted by Crippen LogP contribution is 2.19. The summed E-state index contributed by atoms with van der Waals surface area (Å²) < 4.78 is 0. The Bertz CT molecular complexity index is 557. The van der Waals surface area contributed by atoms with Gasteiger partial charge in [-0.3, -0.25) is 14.4 Å². The lowest BCUT2D eigenvalue weighted by atomic mass is 10.0. The number of nitrogens with zero attached hydrogens (tertiary/aromatic N) is 1. The zero-order valence-electron chi connectivity index (χ0n) is 16.1. The maximum Gasteiger partial charge on any atom is 0.326 e. The second-order valence-electron chi connectivity index (χ2n) is 6.92. The number of carboxylic acid groups (broad SMARTS) is 1. The van der Waals surface area contributed by atoms with Crippen LogP contribution in [0.3, 0.4) is 0 Å². The van der Waals surface area contributed by atoms with Crippen LogP contribution in [0, 0.1) is 5.92 Å². The first-order valence-corrected chi connectivity index (χ1v) is 10.4. The molecule has 1 fully saturated rings. The second kappa shape index (κ2) is 11.1. The van der Waals surface area contributed by atoms with Crippen LogP contribution < -0.4 is 16.4 Å². The van der Waals surface area contributed by atoms with Gasteiger partial charge in [-0.25, -0.2) is 4.79 Å². The van der Waals surface area contributed by atoms with E-state index in [-0.39, 0.29) is 18.4 Å². The van der Waals surface area contributed by atoms with Crippen molar-refractivity contribution in [3.05, 3.63) is 0 Å². The average molecular weight is 403 g/mol. The van der Waals surface area contributed by atoms with Crippen LogP contribution >= 0.6 is 11.8 Å². The molecule has 1 aliphatic rings. The van der Waals surface area contributed by atoms with Gasteiger partial charge in [0.15, 0.2) is 0 Å². The topological polar surface area (TPSA) is 142 Å². The molecule has 1 saturated heterocycles. The van der Waals surface area contributed by atoms with E-state index in [1.54, 1.807) is 0 Å². The van der Waals surface area contributed by atoms with Crippen LogP contribution in [0.25, 0.3) is 0 Å². The molecule has 10 heteroatoms. The van der Waals surface area contributed by atoms with Crippen molar-refractivity contribution in [2.24, 2.45) is 11.7 Å². The molecule has 0 saturated carbocycles. The van der Waals surface area contributed by atoms with Gasteiger partial charge in [0, 0.05) is 6.54 Å². The Morgan fingerprint density at radius 3 is 2.52 bits per heavy atom. The van der Waals surface area contributed by atoms with E-state index in [0.717, 1.165) is 0 Å². The van der Waals surface area contributed by atoms with E-state index in [9.17, 15) is 19.2 Å². The molecule has 0 radical (unpaired) electrons. The largest absolute Gasteiger partial charge is 0.480 e. The van der Waals surface area contributed by atoms with E-state index in [1.807, 2.05) is 20.1 Å². The molecule has 0 aromatic carbocycles. The maximum atomic E-state index is 12.4. The van der Waals surface area contributed by atoms with Crippen molar-refractivity contribution < 1.29 is 24.3 Å². The van der Waals surface area contributed by atoms with E-state index < -0.39 is 35.9 Å². The van der Waals surface area contributed by atoms with Gasteiger partial charge in [-0.2, -0.15) is 11.8 Å². The standard InChI is InChI=1S/C17H30N4O5S/c1-10(2)14(18)16(24)21-7-4-5-12(21)15(23)19-9-13(22)20-11(17(25)26)6-8-27-3/h10-12,14H,4-9,18H2,1-3H3,(H,19,23)(H,20,22)(H,25,26). The third-order valence-corrected chi connectivity index (χ3v) is 5.15. The quantitative estimate of drug-likeness (QED) is 0.382. The smallest absolute Gasteiger partial charge is 0.326 e. The number of nitrogens with one attached hydrogen (secondary N) is 2. The lowest BCUT2D eigenvalue weighted by Crippen LogP contribution is -2.54. The number of nitrogens with two attached hydrogens (primary N) is 1. The van der Waals surface area contributed by atoms with Crippen molar-refractivity contribution in [2.45, 2.75) is 51.2 Å². The molecule has 154 valence electrons. The van der Waals surface area contributed by atoms with Gasteiger partial charge in [0.25, 0.3) is 0 Å². The predicted octanol–water partition coefficient (Wildman–Crippen LogP) is -0.601. The monoisotopic (exact) mass is 402 g/mol. The van der Waals surface area contributed by atoms with Crippen LogP contribution in [0.5, 0.6) is 0 Å². The summed E-state index contributed by atoms with van der Waals surface area (Å²) in [6.45, 7) is 3.80. The Balaban J connectivity index is 2.56. The molecule has 0 bridgehead atoms. The molecule has 1 aliphatic heterocycles. The summed E-state index contributed by atoms with van der Waals surface area (Å²) in [5.74, 6) is -1.83. The summed E-state index contributed by atoms with van der Waals surface area (Å²) in [4.78, 5) is 49.4. The number of carbonyl (C=O) groups is 4. The molecule has 1 heterocycles. The Labute approximate surface area is 163 Å². The van der Waals surface area contributed by atoms with Gasteiger partial charge in [0.05, 0.1) is 12.6 Å². The fourth-order valence-electron chi connectivity index (χ4n) is 2.80. The van der Waals surface area contributed by atoms with E-state index in [1.165, 1.54) is 16.7 Å². The molecule has 0 aliphatic carbocycles. The maximum absolute atomic E-state index is 12.4. The number of amides is 3. The third-order valence-electron chi connectivity index (χ3n) is 4.51. The molecular weight excluding hydrogens is 372 g/mol. The summed E-state index contributed by atoms with van der Waals surface area (Å²) in [5.41, 5.74) is 5.90.